The van der Waals surface area contributed by atoms with Gasteiger partial charge < -0.3 is 14.8 Å². The summed E-state index contributed by atoms with van der Waals surface area (Å²) >= 11 is 5.86. The van der Waals surface area contributed by atoms with Gasteiger partial charge in [-0.05, 0) is 42.0 Å². The van der Waals surface area contributed by atoms with E-state index >= 15 is 0 Å². The van der Waals surface area contributed by atoms with Gasteiger partial charge in [-0.3, -0.25) is 9.69 Å². The molecule has 1 aliphatic heterocycles. The Balaban J connectivity index is 1.49. The number of amides is 2. The molecule has 6 nitrogen and oxygen atoms in total. The Labute approximate surface area is 156 Å². The molecule has 26 heavy (non-hydrogen) atoms. The summed E-state index contributed by atoms with van der Waals surface area (Å²) in [4.78, 5) is 25.6. The number of cyclic esters (lactones) is 1. The molecule has 1 atom stereocenters. The zero-order valence-electron chi connectivity index (χ0n) is 14.3. The Morgan fingerprint density at radius 2 is 1.92 bits per heavy atom. The number of hydrogen-bond donors (Lipinski definition) is 1. The number of methoxy groups -OCH3 is 1. The lowest BCUT2D eigenvalue weighted by atomic mass is 10.1. The van der Waals surface area contributed by atoms with Gasteiger partial charge in [0.05, 0.1) is 26.6 Å². The van der Waals surface area contributed by atoms with Gasteiger partial charge in [-0.15, -0.1) is 0 Å². The quantitative estimate of drug-likeness (QED) is 0.843. The van der Waals surface area contributed by atoms with E-state index in [2.05, 4.69) is 5.32 Å². The van der Waals surface area contributed by atoms with E-state index in [0.717, 1.165) is 11.3 Å². The molecule has 0 bridgehead atoms. The van der Waals surface area contributed by atoms with Gasteiger partial charge in [-0.2, -0.15) is 0 Å². The highest BCUT2D eigenvalue weighted by atomic mass is 35.5. The molecule has 0 aromatic heterocycles. The van der Waals surface area contributed by atoms with Gasteiger partial charge in [0.15, 0.2) is 0 Å². The fourth-order valence-corrected chi connectivity index (χ4v) is 2.80. The average molecular weight is 375 g/mol. The largest absolute Gasteiger partial charge is 0.497 e. The Morgan fingerprint density at radius 3 is 2.58 bits per heavy atom. The third-order valence-corrected chi connectivity index (χ3v) is 4.31. The normalized spacial score (nSPS) is 16.3. The summed E-state index contributed by atoms with van der Waals surface area (Å²) in [6, 6.07) is 14.3. The van der Waals surface area contributed by atoms with Crippen molar-refractivity contribution in [1.29, 1.82) is 0 Å². The molecule has 1 saturated heterocycles. The summed E-state index contributed by atoms with van der Waals surface area (Å²) in [7, 11) is 1.60. The lowest BCUT2D eigenvalue weighted by Crippen LogP contribution is -2.35. The minimum atomic E-state index is -0.429. The molecule has 2 amide bonds. The van der Waals surface area contributed by atoms with Gasteiger partial charge in [0, 0.05) is 10.7 Å². The van der Waals surface area contributed by atoms with E-state index in [1.807, 2.05) is 24.3 Å². The van der Waals surface area contributed by atoms with Crippen LogP contribution in [-0.2, 0) is 16.0 Å². The highest BCUT2D eigenvalue weighted by molar-refractivity contribution is 6.30. The van der Waals surface area contributed by atoms with Crippen LogP contribution in [0.1, 0.15) is 5.56 Å². The maximum atomic E-state index is 12.1. The number of benzene rings is 2. The van der Waals surface area contributed by atoms with Gasteiger partial charge >= 0.3 is 6.09 Å². The van der Waals surface area contributed by atoms with Crippen LogP contribution in [0.15, 0.2) is 48.5 Å². The minimum Gasteiger partial charge on any atom is -0.497 e. The van der Waals surface area contributed by atoms with Gasteiger partial charge in [0.25, 0.3) is 0 Å². The molecule has 0 aliphatic carbocycles. The van der Waals surface area contributed by atoms with Crippen molar-refractivity contribution in [3.05, 3.63) is 59.1 Å². The first-order valence-electron chi connectivity index (χ1n) is 8.18. The maximum absolute atomic E-state index is 12.1. The minimum absolute atomic E-state index is 0.129. The molecule has 136 valence electrons. The van der Waals surface area contributed by atoms with E-state index in [0.29, 0.717) is 17.3 Å². The first-order chi connectivity index (χ1) is 12.5. The zero-order chi connectivity index (χ0) is 18.5. The molecule has 1 aliphatic rings. The molecule has 1 N–H and O–H groups in total. The summed E-state index contributed by atoms with van der Waals surface area (Å²) < 4.78 is 10.4. The topological polar surface area (TPSA) is 67.9 Å². The predicted octanol–water partition coefficient (Wildman–Crippen LogP) is 3.03. The predicted molar refractivity (Wildman–Crippen MR) is 98.8 cm³/mol. The fourth-order valence-electron chi connectivity index (χ4n) is 2.68. The molecule has 2 aromatic carbocycles. The second kappa shape index (κ2) is 8.10. The van der Waals surface area contributed by atoms with E-state index < -0.39 is 12.2 Å². The van der Waals surface area contributed by atoms with Crippen LogP contribution >= 0.6 is 11.6 Å². The van der Waals surface area contributed by atoms with Crippen molar-refractivity contribution in [3.8, 4) is 5.75 Å². The number of rotatable bonds is 6. The summed E-state index contributed by atoms with van der Waals surface area (Å²) in [5.74, 6) is 0.616. The van der Waals surface area contributed by atoms with E-state index in [1.54, 1.807) is 31.4 Å². The highest BCUT2D eigenvalue weighted by Gasteiger charge is 2.32. The molecule has 1 fully saturated rings. The molecule has 7 heteroatoms. The highest BCUT2D eigenvalue weighted by Crippen LogP contribution is 2.23. The van der Waals surface area contributed by atoms with Crippen LogP contribution in [0.5, 0.6) is 5.75 Å². The van der Waals surface area contributed by atoms with Crippen molar-refractivity contribution in [2.24, 2.45) is 0 Å². The van der Waals surface area contributed by atoms with E-state index in [9.17, 15) is 9.59 Å². The van der Waals surface area contributed by atoms with Gasteiger partial charge in [0.2, 0.25) is 5.91 Å². The number of ether oxygens (including phenoxy) is 2. The molecule has 1 heterocycles. The van der Waals surface area contributed by atoms with Crippen LogP contribution in [0.25, 0.3) is 0 Å². The van der Waals surface area contributed by atoms with Crippen LogP contribution < -0.4 is 15.0 Å². The Bertz CT molecular complexity index is 777. The summed E-state index contributed by atoms with van der Waals surface area (Å²) in [5.41, 5.74) is 1.60. The third kappa shape index (κ3) is 4.46. The number of nitrogens with one attached hydrogen (secondary N) is 1. The average Bonchev–Trinajstić information content (AvgIpc) is 3.02. The number of nitrogens with zero attached hydrogens (tertiary/aromatic N) is 1. The first kappa shape index (κ1) is 18.1. The van der Waals surface area contributed by atoms with E-state index in [4.69, 9.17) is 21.1 Å². The number of carbonyl (C=O) groups excluding carboxylic acids is 2. The SMILES string of the molecule is COc1ccc(CC(=O)NCC2CN(c3ccc(Cl)cc3)C(=O)O2)cc1. The third-order valence-electron chi connectivity index (χ3n) is 4.06. The molecule has 3 rings (SSSR count). The van der Waals surface area contributed by atoms with Crippen molar-refractivity contribution in [2.45, 2.75) is 12.5 Å². The number of halogens is 1. The number of carbonyl (C=O) groups is 2. The van der Waals surface area contributed by atoms with Crippen LogP contribution in [-0.4, -0.2) is 38.3 Å². The second-order valence-corrected chi connectivity index (χ2v) is 6.36. The molecule has 0 saturated carbocycles. The van der Waals surface area contributed by atoms with Crippen LogP contribution in [0.4, 0.5) is 10.5 Å². The monoisotopic (exact) mass is 374 g/mol. The molecule has 2 aromatic rings. The smallest absolute Gasteiger partial charge is 0.414 e. The summed E-state index contributed by atoms with van der Waals surface area (Å²) in [6.07, 6.45) is -0.564. The Morgan fingerprint density at radius 1 is 1.23 bits per heavy atom. The lowest BCUT2D eigenvalue weighted by molar-refractivity contribution is -0.120. The molecular weight excluding hydrogens is 356 g/mol. The van der Waals surface area contributed by atoms with Crippen LogP contribution in [0.2, 0.25) is 5.02 Å². The van der Waals surface area contributed by atoms with Crippen LogP contribution in [0, 0.1) is 0 Å². The van der Waals surface area contributed by atoms with Gasteiger partial charge in [-0.25, -0.2) is 4.79 Å². The van der Waals surface area contributed by atoms with Gasteiger partial charge in [-0.1, -0.05) is 23.7 Å². The van der Waals surface area contributed by atoms with E-state index in [1.165, 1.54) is 4.90 Å². The van der Waals surface area contributed by atoms with Crippen LogP contribution in [0.3, 0.4) is 0 Å². The van der Waals surface area contributed by atoms with Crippen molar-refractivity contribution in [2.75, 3.05) is 25.1 Å². The number of anilines is 1. The molecule has 0 radical (unpaired) electrons. The molecule has 1 unspecified atom stereocenters. The van der Waals surface area contributed by atoms with E-state index in [-0.39, 0.29) is 18.9 Å². The summed E-state index contributed by atoms with van der Waals surface area (Å²) in [5, 5.41) is 3.41. The van der Waals surface area contributed by atoms with Crippen molar-refractivity contribution < 1.29 is 19.1 Å². The fraction of sp³-hybridized carbons (Fsp3) is 0.263. The van der Waals surface area contributed by atoms with Gasteiger partial charge in [0.1, 0.15) is 11.9 Å². The van der Waals surface area contributed by atoms with Crippen molar-refractivity contribution >= 4 is 29.3 Å². The van der Waals surface area contributed by atoms with Crippen molar-refractivity contribution in [1.82, 2.24) is 5.32 Å². The summed E-state index contributed by atoms with van der Waals surface area (Å²) in [6.45, 7) is 0.647. The maximum Gasteiger partial charge on any atom is 0.414 e. The first-order valence-corrected chi connectivity index (χ1v) is 8.56. The second-order valence-electron chi connectivity index (χ2n) is 5.92. The number of hydrogen-bond acceptors (Lipinski definition) is 4. The molecule has 0 spiro atoms. The standard InChI is InChI=1S/C19H19ClN2O4/c1-25-16-8-2-13(3-9-16)10-18(23)21-11-17-12-22(19(24)26-17)15-6-4-14(20)5-7-15/h2-9,17H,10-12H2,1H3,(H,21,23). The molecular formula is C19H19ClN2O4. The lowest BCUT2D eigenvalue weighted by Gasteiger charge is -2.13. The zero-order valence-corrected chi connectivity index (χ0v) is 15.0. The Hall–Kier alpha value is -2.73. The Kier molecular flexibility index (Phi) is 5.63. The van der Waals surface area contributed by atoms with Crippen molar-refractivity contribution in [3.63, 3.8) is 0 Å².